The molecule has 1 aromatic rings. The van der Waals surface area contributed by atoms with Gasteiger partial charge in [0.05, 0.1) is 5.69 Å². The Bertz CT molecular complexity index is 322. The molecule has 0 aromatic carbocycles. The molecule has 0 amide bonds. The van der Waals surface area contributed by atoms with Crippen molar-refractivity contribution in [3.05, 3.63) is 17.8 Å². The normalized spacial score (nSPS) is 26.7. The summed E-state index contributed by atoms with van der Waals surface area (Å²) >= 11 is 0. The highest BCUT2D eigenvalue weighted by molar-refractivity contribution is 5.39. The van der Waals surface area contributed by atoms with E-state index in [0.717, 1.165) is 30.9 Å². The van der Waals surface area contributed by atoms with Gasteiger partial charge in [-0.2, -0.15) is 5.10 Å². The molecule has 2 rings (SSSR count). The van der Waals surface area contributed by atoms with Crippen molar-refractivity contribution < 1.29 is 0 Å². The lowest BCUT2D eigenvalue weighted by molar-refractivity contribution is 0.426. The topological polar surface area (TPSA) is 55.0 Å². The third-order valence-corrected chi connectivity index (χ3v) is 2.99. The van der Waals surface area contributed by atoms with Crippen molar-refractivity contribution in [1.82, 2.24) is 10.2 Å². The molecule has 0 spiro atoms. The molecule has 1 aliphatic heterocycles. The van der Waals surface area contributed by atoms with Crippen LogP contribution in [0.1, 0.15) is 25.5 Å². The second-order valence-corrected chi connectivity index (χ2v) is 4.36. The average Bonchev–Trinajstić information content (AvgIpc) is 2.20. The maximum absolute atomic E-state index is 5.93. The molecule has 1 saturated heterocycles. The van der Waals surface area contributed by atoms with Crippen LogP contribution in [0.4, 0.5) is 5.82 Å². The summed E-state index contributed by atoms with van der Waals surface area (Å²) in [5, 5.41) is 8.30. The fourth-order valence-corrected chi connectivity index (χ4v) is 2.09. The number of hydrogen-bond donors (Lipinski definition) is 1. The molecule has 2 N–H and O–H groups in total. The Labute approximate surface area is 90.5 Å². The summed E-state index contributed by atoms with van der Waals surface area (Å²) in [5.41, 5.74) is 6.89. The van der Waals surface area contributed by atoms with E-state index in [2.05, 4.69) is 22.0 Å². The lowest BCUT2D eigenvalue weighted by atomic mass is 9.99. The van der Waals surface area contributed by atoms with Gasteiger partial charge in [-0.3, -0.25) is 0 Å². The molecular formula is C11H18N4. The van der Waals surface area contributed by atoms with Gasteiger partial charge in [-0.15, -0.1) is 5.10 Å². The predicted molar refractivity (Wildman–Crippen MR) is 60.8 cm³/mol. The summed E-state index contributed by atoms with van der Waals surface area (Å²) in [4.78, 5) is 2.29. The molecule has 0 radical (unpaired) electrons. The summed E-state index contributed by atoms with van der Waals surface area (Å²) in [6, 6.07) is 4.85. The number of aromatic nitrogens is 2. The third kappa shape index (κ3) is 2.26. The van der Waals surface area contributed by atoms with Crippen LogP contribution >= 0.6 is 0 Å². The monoisotopic (exact) mass is 206 g/mol. The first-order chi connectivity index (χ1) is 7.16. The number of hydrogen-bond acceptors (Lipinski definition) is 4. The van der Waals surface area contributed by atoms with Crippen LogP contribution in [0.3, 0.4) is 0 Å². The van der Waals surface area contributed by atoms with Crippen LogP contribution < -0.4 is 10.6 Å². The van der Waals surface area contributed by atoms with Gasteiger partial charge in [0.15, 0.2) is 5.82 Å². The molecule has 1 aromatic heterocycles. The Hall–Kier alpha value is -1.16. The molecule has 4 nitrogen and oxygen atoms in total. The zero-order valence-electron chi connectivity index (χ0n) is 9.35. The molecular weight excluding hydrogens is 188 g/mol. The highest BCUT2D eigenvalue weighted by Crippen LogP contribution is 2.21. The maximum Gasteiger partial charge on any atom is 0.151 e. The molecule has 82 valence electrons. The standard InChI is InChI=1S/C11H18N4/c1-8-3-4-11(14-13-8)15-6-5-10(12)7-9(15)2/h3-4,9-10H,5-7,12H2,1-2H3. The van der Waals surface area contributed by atoms with Crippen molar-refractivity contribution in [2.45, 2.75) is 38.8 Å². The first-order valence-corrected chi connectivity index (χ1v) is 5.49. The molecule has 0 aliphatic carbocycles. The highest BCUT2D eigenvalue weighted by atomic mass is 15.3. The van der Waals surface area contributed by atoms with Gasteiger partial charge < -0.3 is 10.6 Å². The van der Waals surface area contributed by atoms with Gasteiger partial charge in [0, 0.05) is 18.6 Å². The Morgan fingerprint density at radius 3 is 2.80 bits per heavy atom. The second-order valence-electron chi connectivity index (χ2n) is 4.36. The molecule has 4 heteroatoms. The number of nitrogens with zero attached hydrogens (tertiary/aromatic N) is 3. The van der Waals surface area contributed by atoms with E-state index in [1.807, 2.05) is 19.1 Å². The van der Waals surface area contributed by atoms with Crippen molar-refractivity contribution in [2.24, 2.45) is 5.73 Å². The van der Waals surface area contributed by atoms with Gasteiger partial charge in [0.1, 0.15) is 0 Å². The van der Waals surface area contributed by atoms with E-state index in [0.29, 0.717) is 12.1 Å². The van der Waals surface area contributed by atoms with Crippen LogP contribution in [0, 0.1) is 6.92 Å². The van der Waals surface area contributed by atoms with Gasteiger partial charge in [-0.05, 0) is 38.8 Å². The first kappa shape index (κ1) is 10.4. The minimum atomic E-state index is 0.342. The van der Waals surface area contributed by atoms with Crippen LogP contribution in [0.2, 0.25) is 0 Å². The molecule has 0 bridgehead atoms. The average molecular weight is 206 g/mol. The van der Waals surface area contributed by atoms with Gasteiger partial charge in [-0.1, -0.05) is 0 Å². The third-order valence-electron chi connectivity index (χ3n) is 2.99. The molecule has 0 saturated carbocycles. The SMILES string of the molecule is Cc1ccc(N2CCC(N)CC2C)nn1. The van der Waals surface area contributed by atoms with Gasteiger partial charge in [-0.25, -0.2) is 0 Å². The largest absolute Gasteiger partial charge is 0.352 e. The number of anilines is 1. The molecule has 1 fully saturated rings. The fourth-order valence-electron chi connectivity index (χ4n) is 2.09. The molecule has 2 heterocycles. The molecule has 1 aliphatic rings. The Morgan fingerprint density at radius 1 is 1.40 bits per heavy atom. The van der Waals surface area contributed by atoms with Crippen LogP contribution in [0.15, 0.2) is 12.1 Å². The number of nitrogens with two attached hydrogens (primary N) is 1. The van der Waals surface area contributed by atoms with E-state index < -0.39 is 0 Å². The van der Waals surface area contributed by atoms with Crippen molar-refractivity contribution >= 4 is 5.82 Å². The van der Waals surface area contributed by atoms with Crippen LogP contribution in [-0.2, 0) is 0 Å². The van der Waals surface area contributed by atoms with Crippen molar-refractivity contribution in [2.75, 3.05) is 11.4 Å². The zero-order chi connectivity index (χ0) is 10.8. The van der Waals surface area contributed by atoms with Gasteiger partial charge >= 0.3 is 0 Å². The summed E-state index contributed by atoms with van der Waals surface area (Å²) in [6.45, 7) is 5.13. The lowest BCUT2D eigenvalue weighted by Crippen LogP contribution is -2.46. The van der Waals surface area contributed by atoms with Gasteiger partial charge in [0.2, 0.25) is 0 Å². The molecule has 2 atom stereocenters. The van der Waals surface area contributed by atoms with Crippen LogP contribution in [-0.4, -0.2) is 28.8 Å². The Morgan fingerprint density at radius 2 is 2.20 bits per heavy atom. The fraction of sp³-hybridized carbons (Fsp3) is 0.636. The van der Waals surface area contributed by atoms with Crippen LogP contribution in [0.5, 0.6) is 0 Å². The van der Waals surface area contributed by atoms with Gasteiger partial charge in [0.25, 0.3) is 0 Å². The van der Waals surface area contributed by atoms with Crippen molar-refractivity contribution in [3.8, 4) is 0 Å². The molecule has 15 heavy (non-hydrogen) atoms. The zero-order valence-corrected chi connectivity index (χ0v) is 9.35. The first-order valence-electron chi connectivity index (χ1n) is 5.49. The molecule has 2 unspecified atom stereocenters. The number of aryl methyl sites for hydroxylation is 1. The quantitative estimate of drug-likeness (QED) is 0.747. The maximum atomic E-state index is 5.93. The van der Waals surface area contributed by atoms with E-state index in [4.69, 9.17) is 5.73 Å². The van der Waals surface area contributed by atoms with E-state index in [1.54, 1.807) is 0 Å². The Balaban J connectivity index is 2.13. The van der Waals surface area contributed by atoms with E-state index >= 15 is 0 Å². The Kier molecular flexibility index (Phi) is 2.86. The summed E-state index contributed by atoms with van der Waals surface area (Å²) in [6.07, 6.45) is 2.08. The summed E-state index contributed by atoms with van der Waals surface area (Å²) in [5.74, 6) is 0.972. The summed E-state index contributed by atoms with van der Waals surface area (Å²) in [7, 11) is 0. The van der Waals surface area contributed by atoms with E-state index in [1.165, 1.54) is 0 Å². The second kappa shape index (κ2) is 4.14. The van der Waals surface area contributed by atoms with E-state index in [9.17, 15) is 0 Å². The lowest BCUT2D eigenvalue weighted by Gasteiger charge is -2.36. The smallest absolute Gasteiger partial charge is 0.151 e. The minimum Gasteiger partial charge on any atom is -0.352 e. The number of rotatable bonds is 1. The van der Waals surface area contributed by atoms with E-state index in [-0.39, 0.29) is 0 Å². The highest BCUT2D eigenvalue weighted by Gasteiger charge is 2.24. The van der Waals surface area contributed by atoms with Crippen molar-refractivity contribution in [3.63, 3.8) is 0 Å². The van der Waals surface area contributed by atoms with Crippen molar-refractivity contribution in [1.29, 1.82) is 0 Å². The summed E-state index contributed by atoms with van der Waals surface area (Å²) < 4.78 is 0. The number of piperidine rings is 1. The predicted octanol–water partition coefficient (Wildman–Crippen LogP) is 1.10. The minimum absolute atomic E-state index is 0.342. The van der Waals surface area contributed by atoms with Crippen LogP contribution in [0.25, 0.3) is 0 Å².